The number of phosphoric acid groups is 1. The maximum atomic E-state index is 12.4. The summed E-state index contributed by atoms with van der Waals surface area (Å²) in [7, 11) is -4.81. The summed E-state index contributed by atoms with van der Waals surface area (Å²) >= 11 is 0. The zero-order valence-electron chi connectivity index (χ0n) is 32.3. The van der Waals surface area contributed by atoms with Crippen molar-refractivity contribution >= 4 is 19.8 Å². The van der Waals surface area contributed by atoms with Crippen LogP contribution in [0.5, 0.6) is 0 Å². The minimum atomic E-state index is -4.81. The van der Waals surface area contributed by atoms with Crippen LogP contribution in [0.4, 0.5) is 0 Å². The highest BCUT2D eigenvalue weighted by Crippen LogP contribution is 2.36. The van der Waals surface area contributed by atoms with Crippen LogP contribution in [0.2, 0.25) is 0 Å². The van der Waals surface area contributed by atoms with E-state index in [-0.39, 0.29) is 19.4 Å². The van der Waals surface area contributed by atoms with Gasteiger partial charge in [0.25, 0.3) is 0 Å². The minimum absolute atomic E-state index is 0.0221. The van der Waals surface area contributed by atoms with Crippen LogP contribution in [0.3, 0.4) is 0 Å². The monoisotopic (exact) mass is 750 g/mol. The lowest BCUT2D eigenvalue weighted by molar-refractivity contribution is -0.161. The van der Waals surface area contributed by atoms with Gasteiger partial charge < -0.3 is 24.4 Å². The van der Waals surface area contributed by atoms with Gasteiger partial charge in [-0.1, -0.05) is 138 Å². The van der Waals surface area contributed by atoms with Gasteiger partial charge in [-0.25, -0.2) is 4.57 Å². The zero-order valence-corrected chi connectivity index (χ0v) is 33.2. The van der Waals surface area contributed by atoms with Crippen LogP contribution in [0.1, 0.15) is 155 Å². The first-order valence-corrected chi connectivity index (χ1v) is 21.4. The van der Waals surface area contributed by atoms with E-state index in [4.69, 9.17) is 19.3 Å². The normalized spacial score (nSPS) is 13.9. The molecular weight excluding hydrogens is 679 g/mol. The number of ether oxygens (including phenoxy) is 2. The highest BCUT2D eigenvalue weighted by Gasteiger charge is 2.23. The maximum absolute atomic E-state index is 12.4. The number of allylic oxidation sites excluding steroid dienone is 11. The third-order valence-electron chi connectivity index (χ3n) is 8.05. The minimum Gasteiger partial charge on any atom is -0.462 e. The first-order valence-electron chi connectivity index (χ1n) is 19.8. The molecular formula is C42H71O9P. The van der Waals surface area contributed by atoms with Gasteiger partial charge in [0, 0.05) is 12.8 Å². The molecule has 3 N–H and O–H groups in total. The average Bonchev–Trinajstić information content (AvgIpc) is 3.10. The SMILES string of the molecule is CCCCC/C=C\C/C=C\C/C=C\C=C\[C@H](O)CCCC(=O)O[C@H](COC(=O)CCCCCCCC/C=C\C/C=C\CCCCC)COP(=O)(O)O. The van der Waals surface area contributed by atoms with E-state index in [1.807, 2.05) is 12.2 Å². The number of esters is 2. The van der Waals surface area contributed by atoms with Crippen molar-refractivity contribution in [3.8, 4) is 0 Å². The summed E-state index contributed by atoms with van der Waals surface area (Å²) < 4.78 is 26.2. The van der Waals surface area contributed by atoms with Gasteiger partial charge >= 0.3 is 19.8 Å². The molecule has 0 spiro atoms. The van der Waals surface area contributed by atoms with Crippen LogP contribution < -0.4 is 0 Å². The van der Waals surface area contributed by atoms with E-state index in [1.165, 1.54) is 44.9 Å². The summed E-state index contributed by atoms with van der Waals surface area (Å²) in [6.07, 6.45) is 43.6. The van der Waals surface area contributed by atoms with Crippen LogP contribution in [0.25, 0.3) is 0 Å². The van der Waals surface area contributed by atoms with Gasteiger partial charge in [-0.3, -0.25) is 14.1 Å². The van der Waals surface area contributed by atoms with E-state index in [9.17, 15) is 19.3 Å². The number of unbranched alkanes of at least 4 members (excludes halogenated alkanes) is 12. The summed E-state index contributed by atoms with van der Waals surface area (Å²) in [5.74, 6) is -1.11. The van der Waals surface area contributed by atoms with Gasteiger partial charge in [0.2, 0.25) is 0 Å². The highest BCUT2D eigenvalue weighted by atomic mass is 31.2. The molecule has 0 heterocycles. The summed E-state index contributed by atoms with van der Waals surface area (Å²) in [6, 6.07) is 0. The van der Waals surface area contributed by atoms with Crippen LogP contribution in [0.15, 0.2) is 72.9 Å². The molecule has 0 amide bonds. The predicted molar refractivity (Wildman–Crippen MR) is 213 cm³/mol. The second-order valence-corrected chi connectivity index (χ2v) is 14.3. The molecule has 0 saturated heterocycles. The third-order valence-corrected chi connectivity index (χ3v) is 8.54. The van der Waals surface area contributed by atoms with Crippen LogP contribution >= 0.6 is 7.82 Å². The van der Waals surface area contributed by atoms with Gasteiger partial charge in [-0.2, -0.15) is 0 Å². The zero-order chi connectivity index (χ0) is 38.4. The molecule has 298 valence electrons. The second kappa shape index (κ2) is 36.8. The van der Waals surface area contributed by atoms with Gasteiger partial charge in [0.05, 0.1) is 12.7 Å². The third kappa shape index (κ3) is 38.7. The van der Waals surface area contributed by atoms with Gasteiger partial charge in [-0.15, -0.1) is 0 Å². The van der Waals surface area contributed by atoms with Crippen molar-refractivity contribution in [1.82, 2.24) is 0 Å². The van der Waals surface area contributed by atoms with Crippen LogP contribution in [-0.2, 0) is 28.2 Å². The quantitative estimate of drug-likeness (QED) is 0.0190. The lowest BCUT2D eigenvalue weighted by Gasteiger charge is -2.18. The molecule has 0 unspecified atom stereocenters. The number of carbonyl (C=O) groups excluding carboxylic acids is 2. The first-order chi connectivity index (χ1) is 25.2. The fourth-order valence-corrected chi connectivity index (χ4v) is 5.39. The molecule has 0 rings (SSSR count). The van der Waals surface area contributed by atoms with Crippen LogP contribution in [-0.4, -0.2) is 52.3 Å². The number of hydrogen-bond acceptors (Lipinski definition) is 7. The maximum Gasteiger partial charge on any atom is 0.469 e. The van der Waals surface area contributed by atoms with Gasteiger partial charge in [0.15, 0.2) is 6.10 Å². The Morgan fingerprint density at radius 2 is 1.10 bits per heavy atom. The lowest BCUT2D eigenvalue weighted by Crippen LogP contribution is -2.29. The molecule has 0 aliphatic heterocycles. The van der Waals surface area contributed by atoms with E-state index in [0.29, 0.717) is 19.3 Å². The number of rotatable bonds is 35. The van der Waals surface area contributed by atoms with Gasteiger partial charge in [0.1, 0.15) is 6.61 Å². The van der Waals surface area contributed by atoms with E-state index in [0.717, 1.165) is 64.2 Å². The number of hydrogen-bond donors (Lipinski definition) is 3. The average molecular weight is 751 g/mol. The Hall–Kier alpha value is -2.55. The highest BCUT2D eigenvalue weighted by molar-refractivity contribution is 7.46. The van der Waals surface area contributed by atoms with E-state index < -0.39 is 38.6 Å². The lowest BCUT2D eigenvalue weighted by atomic mass is 10.1. The summed E-state index contributed by atoms with van der Waals surface area (Å²) in [6.45, 7) is 3.44. The Labute approximate surface area is 315 Å². The molecule has 0 aliphatic rings. The number of phosphoric ester groups is 1. The molecule has 0 fully saturated rings. The summed E-state index contributed by atoms with van der Waals surface area (Å²) in [4.78, 5) is 42.8. The molecule has 0 radical (unpaired) electrons. The Morgan fingerprint density at radius 1 is 0.596 bits per heavy atom. The van der Waals surface area contributed by atoms with Crippen molar-refractivity contribution in [2.24, 2.45) is 0 Å². The van der Waals surface area contributed by atoms with Crippen LogP contribution in [0, 0.1) is 0 Å². The van der Waals surface area contributed by atoms with Gasteiger partial charge in [-0.05, 0) is 77.0 Å². The Balaban J connectivity index is 4.19. The molecule has 9 nitrogen and oxygen atoms in total. The van der Waals surface area contributed by atoms with Crippen molar-refractivity contribution < 1.29 is 43.0 Å². The number of aliphatic hydroxyl groups is 1. The molecule has 0 aromatic heterocycles. The van der Waals surface area contributed by atoms with E-state index in [1.54, 1.807) is 12.2 Å². The van der Waals surface area contributed by atoms with E-state index >= 15 is 0 Å². The van der Waals surface area contributed by atoms with Crippen molar-refractivity contribution in [3.63, 3.8) is 0 Å². The van der Waals surface area contributed by atoms with Crippen molar-refractivity contribution in [2.75, 3.05) is 13.2 Å². The molecule has 0 saturated carbocycles. The smallest absolute Gasteiger partial charge is 0.462 e. The fraction of sp³-hybridized carbons (Fsp3) is 0.667. The predicted octanol–water partition coefficient (Wildman–Crippen LogP) is 10.9. The standard InChI is InChI=1S/C42H71O9P/c1-3-5-7-9-11-13-15-17-18-19-21-23-25-27-29-31-35-41(44)49-37-40(38-50-52(46,47)48)51-42(45)36-32-34-39(43)33-30-28-26-24-22-20-16-14-12-10-8-6-4-2/h11-14,17-18,20,22,26,28,30,33,39-40,43H,3-10,15-16,19,21,23-25,27,29,31-32,34-38H2,1-2H3,(H2,46,47,48)/b13-11-,14-12-,18-17-,22-20-,28-26-,33-30+/t39-,40+/m0/s1. The summed E-state index contributed by atoms with van der Waals surface area (Å²) in [5, 5.41) is 10.2. The van der Waals surface area contributed by atoms with Crippen molar-refractivity contribution in [3.05, 3.63) is 72.9 Å². The van der Waals surface area contributed by atoms with Crippen molar-refractivity contribution in [2.45, 2.75) is 167 Å². The molecule has 2 atom stereocenters. The Bertz CT molecular complexity index is 1090. The molecule has 0 aromatic carbocycles. The fourth-order valence-electron chi connectivity index (χ4n) is 5.03. The molecule has 0 bridgehead atoms. The largest absolute Gasteiger partial charge is 0.469 e. The van der Waals surface area contributed by atoms with Crippen molar-refractivity contribution in [1.29, 1.82) is 0 Å². The van der Waals surface area contributed by atoms with E-state index in [2.05, 4.69) is 67.0 Å². The number of carbonyl (C=O) groups is 2. The number of aliphatic hydroxyl groups excluding tert-OH is 1. The molecule has 0 aromatic rings. The molecule has 10 heteroatoms. The molecule has 0 aliphatic carbocycles. The first kappa shape index (κ1) is 49.5. The Morgan fingerprint density at radius 3 is 1.67 bits per heavy atom. The second-order valence-electron chi connectivity index (χ2n) is 13.1. The Kier molecular flexibility index (Phi) is 35.0. The molecule has 52 heavy (non-hydrogen) atoms. The summed E-state index contributed by atoms with van der Waals surface area (Å²) in [5.41, 5.74) is 0. The topological polar surface area (TPSA) is 140 Å².